The van der Waals surface area contributed by atoms with Gasteiger partial charge in [-0.3, -0.25) is 4.79 Å². The van der Waals surface area contributed by atoms with Gasteiger partial charge in [0.15, 0.2) is 5.71 Å². The Hall–Kier alpha value is -3.22. The fraction of sp³-hybridized carbons (Fsp3) is 0.105. The number of para-hydroxylation sites is 1. The van der Waals surface area contributed by atoms with Gasteiger partial charge in [0, 0.05) is 12.1 Å². The van der Waals surface area contributed by atoms with Gasteiger partial charge in [-0.15, -0.1) is 11.7 Å². The molecule has 0 fully saturated rings. The molecule has 0 unspecified atom stereocenters. The summed E-state index contributed by atoms with van der Waals surface area (Å²) >= 11 is 0. The molecule has 0 saturated heterocycles. The van der Waals surface area contributed by atoms with Crippen molar-refractivity contribution in [2.45, 2.75) is 6.18 Å². The van der Waals surface area contributed by atoms with Gasteiger partial charge in [0.05, 0.1) is 17.5 Å². The van der Waals surface area contributed by atoms with E-state index in [1.54, 1.807) is 24.3 Å². The second kappa shape index (κ2) is 6.95. The second-order valence-electron chi connectivity index (χ2n) is 5.53. The molecule has 1 amide bonds. The van der Waals surface area contributed by atoms with Crippen LogP contribution in [0.3, 0.4) is 0 Å². The normalized spacial score (nSPS) is 15.7. The third-order valence-corrected chi connectivity index (χ3v) is 3.81. The Balaban J connectivity index is 1.85. The van der Waals surface area contributed by atoms with E-state index in [9.17, 15) is 18.0 Å². The lowest BCUT2D eigenvalue weighted by molar-refractivity contribution is -0.137. The lowest BCUT2D eigenvalue weighted by Gasteiger charge is -2.13. The maximum Gasteiger partial charge on any atom is 0.416 e. The summed E-state index contributed by atoms with van der Waals surface area (Å²) in [4.78, 5) is 14.0. The van der Waals surface area contributed by atoms with E-state index in [0.717, 1.165) is 17.8 Å². The Morgan fingerprint density at radius 1 is 1.08 bits per heavy atom. The predicted octanol–water partition coefficient (Wildman–Crippen LogP) is 4.06. The van der Waals surface area contributed by atoms with Crippen LogP contribution in [-0.4, -0.2) is 24.4 Å². The number of carbonyl (C=O) groups is 1. The number of carbonyl (C=O) groups excluding carboxylic acids is 1. The van der Waals surface area contributed by atoms with Gasteiger partial charge in [-0.25, -0.2) is 0 Å². The lowest BCUT2D eigenvalue weighted by Crippen LogP contribution is -2.30. The van der Waals surface area contributed by atoms with Crippen LogP contribution in [0.4, 0.5) is 18.9 Å². The topological polar surface area (TPSA) is 45.0 Å². The molecule has 3 rings (SSSR count). The van der Waals surface area contributed by atoms with Crippen LogP contribution in [0.15, 0.2) is 71.4 Å². The number of alkyl halides is 3. The third kappa shape index (κ3) is 3.42. The smallest absolute Gasteiger partial charge is 0.302 e. The van der Waals surface area contributed by atoms with Crippen molar-refractivity contribution >= 4 is 23.5 Å². The number of hydrogen-bond donors (Lipinski definition) is 0. The van der Waals surface area contributed by atoms with Gasteiger partial charge in [0.2, 0.25) is 0 Å². The number of hydrogen-bond acceptors (Lipinski definition) is 3. The van der Waals surface area contributed by atoms with E-state index in [1.165, 1.54) is 23.2 Å². The van der Waals surface area contributed by atoms with Crippen LogP contribution in [0.5, 0.6) is 0 Å². The fourth-order valence-electron chi connectivity index (χ4n) is 2.58. The summed E-state index contributed by atoms with van der Waals surface area (Å²) < 4.78 is 37.7. The highest BCUT2D eigenvalue weighted by Crippen LogP contribution is 2.30. The first-order chi connectivity index (χ1) is 12.4. The number of amides is 1. The van der Waals surface area contributed by atoms with E-state index in [4.69, 9.17) is 0 Å². The van der Waals surface area contributed by atoms with Gasteiger partial charge in [0.1, 0.15) is 0 Å². The van der Waals surface area contributed by atoms with Crippen molar-refractivity contribution in [3.8, 4) is 0 Å². The Bertz CT molecular complexity index is 899. The zero-order chi connectivity index (χ0) is 18.7. The van der Waals surface area contributed by atoms with Crippen LogP contribution in [-0.2, 0) is 11.0 Å². The molecule has 1 heterocycles. The number of halogens is 3. The van der Waals surface area contributed by atoms with E-state index in [2.05, 4.69) is 16.8 Å². The zero-order valence-electron chi connectivity index (χ0n) is 13.6. The Kier molecular flexibility index (Phi) is 4.71. The number of nitrogens with zero attached hydrogens (tertiary/aromatic N) is 3. The van der Waals surface area contributed by atoms with Crippen molar-refractivity contribution in [1.29, 1.82) is 0 Å². The van der Waals surface area contributed by atoms with Crippen molar-refractivity contribution in [2.75, 3.05) is 11.4 Å². The second-order valence-corrected chi connectivity index (χ2v) is 5.53. The summed E-state index contributed by atoms with van der Waals surface area (Å²) in [6.07, 6.45) is -1.47. The molecule has 4 nitrogen and oxygen atoms in total. The highest BCUT2D eigenvalue weighted by atomic mass is 19.4. The molecule has 2 aromatic rings. The van der Waals surface area contributed by atoms with Crippen LogP contribution in [0.25, 0.3) is 0 Å². The van der Waals surface area contributed by atoms with Crippen molar-refractivity contribution in [2.24, 2.45) is 10.2 Å². The molecule has 0 bridgehead atoms. The first-order valence-electron chi connectivity index (χ1n) is 7.72. The van der Waals surface area contributed by atoms with Crippen LogP contribution in [0.2, 0.25) is 0 Å². The fourth-order valence-corrected chi connectivity index (χ4v) is 2.58. The Morgan fingerprint density at radius 3 is 2.42 bits per heavy atom. The van der Waals surface area contributed by atoms with Crippen molar-refractivity contribution < 1.29 is 18.0 Å². The molecule has 1 aliphatic heterocycles. The average molecular weight is 357 g/mol. The largest absolute Gasteiger partial charge is 0.416 e. The Labute approximate surface area is 148 Å². The minimum absolute atomic E-state index is 0.186. The zero-order valence-corrected chi connectivity index (χ0v) is 13.6. The molecule has 0 N–H and O–H groups in total. The molecule has 0 aliphatic carbocycles. The number of anilines is 1. The maximum absolute atomic E-state index is 12.6. The summed E-state index contributed by atoms with van der Waals surface area (Å²) in [6.45, 7) is 3.98. The average Bonchev–Trinajstić information content (AvgIpc) is 2.88. The molecule has 1 aliphatic rings. The molecule has 26 heavy (non-hydrogen) atoms. The van der Waals surface area contributed by atoms with E-state index < -0.39 is 11.7 Å². The summed E-state index contributed by atoms with van der Waals surface area (Å²) in [5.74, 6) is -0.296. The molecule has 7 heteroatoms. The summed E-state index contributed by atoms with van der Waals surface area (Å²) in [5.41, 5.74) is 1.28. The lowest BCUT2D eigenvalue weighted by atomic mass is 10.1. The van der Waals surface area contributed by atoms with Gasteiger partial charge in [0.25, 0.3) is 5.91 Å². The van der Waals surface area contributed by atoms with Crippen LogP contribution >= 0.6 is 0 Å². The molecule has 132 valence electrons. The van der Waals surface area contributed by atoms with Gasteiger partial charge >= 0.3 is 6.18 Å². The van der Waals surface area contributed by atoms with E-state index in [-0.39, 0.29) is 11.6 Å². The minimum atomic E-state index is -4.38. The van der Waals surface area contributed by atoms with E-state index in [1.807, 2.05) is 6.07 Å². The molecule has 0 atom stereocenters. The molecular weight excluding hydrogens is 343 g/mol. The number of rotatable bonds is 4. The molecule has 2 aromatic carbocycles. The van der Waals surface area contributed by atoms with Gasteiger partial charge < -0.3 is 4.90 Å². The highest BCUT2D eigenvalue weighted by molar-refractivity contribution is 6.54. The third-order valence-electron chi connectivity index (χ3n) is 3.81. The molecule has 0 spiro atoms. The molecule has 0 saturated carbocycles. The Morgan fingerprint density at radius 2 is 1.77 bits per heavy atom. The van der Waals surface area contributed by atoms with Gasteiger partial charge in [-0.05, 0) is 23.8 Å². The summed E-state index contributed by atoms with van der Waals surface area (Å²) in [7, 11) is 0. The number of benzene rings is 2. The standard InChI is InChI=1S/C19H14F3N3O/c1-2-11-25-16-6-4-3-5-15(16)17(18(25)26)24-23-12-13-7-9-14(10-8-13)19(20,21)22/h2-10,12H,1,11H2/b23-12-,24-17-. The summed E-state index contributed by atoms with van der Waals surface area (Å²) in [5, 5.41) is 7.85. The highest BCUT2D eigenvalue weighted by Gasteiger charge is 2.33. The van der Waals surface area contributed by atoms with Crippen LogP contribution in [0, 0.1) is 0 Å². The van der Waals surface area contributed by atoms with Crippen molar-refractivity contribution in [3.05, 3.63) is 77.9 Å². The van der Waals surface area contributed by atoms with Gasteiger partial charge in [-0.1, -0.05) is 36.4 Å². The quantitative estimate of drug-likeness (QED) is 0.462. The van der Waals surface area contributed by atoms with Gasteiger partial charge in [-0.2, -0.15) is 18.3 Å². The first-order valence-corrected chi connectivity index (χ1v) is 7.72. The predicted molar refractivity (Wildman–Crippen MR) is 94.6 cm³/mol. The minimum Gasteiger partial charge on any atom is -0.302 e. The van der Waals surface area contributed by atoms with Crippen molar-refractivity contribution in [3.63, 3.8) is 0 Å². The summed E-state index contributed by atoms with van der Waals surface area (Å²) in [6, 6.07) is 11.7. The monoisotopic (exact) mass is 357 g/mol. The molecular formula is C19H14F3N3O. The first kappa shape index (κ1) is 17.6. The molecule has 0 radical (unpaired) electrons. The van der Waals surface area contributed by atoms with E-state index >= 15 is 0 Å². The van der Waals surface area contributed by atoms with E-state index in [0.29, 0.717) is 17.7 Å². The molecule has 0 aromatic heterocycles. The van der Waals surface area contributed by atoms with Crippen LogP contribution in [0.1, 0.15) is 16.7 Å². The number of fused-ring (bicyclic) bond motifs is 1. The van der Waals surface area contributed by atoms with Crippen molar-refractivity contribution in [1.82, 2.24) is 0 Å². The SMILES string of the molecule is C=CCN1C(=O)/C(=N\N=C/c2ccc(C(F)(F)F)cc2)c2ccccc21. The maximum atomic E-state index is 12.6. The van der Waals surface area contributed by atoms with Crippen LogP contribution < -0.4 is 4.90 Å².